The zero-order chi connectivity index (χ0) is 32.3. The lowest BCUT2D eigenvalue weighted by Crippen LogP contribution is -2.62. The SMILES string of the molecule is NCCCC[C@@](N)(C(=O)Cc1ccccc1-c1ccccc1)C(=O)N[C@@H](CC(=O)O)C(=O)COC(=O)c1c(Cl)cccc1Cl. The van der Waals surface area contributed by atoms with Gasteiger partial charge in [-0.1, -0.05) is 83.9 Å². The molecule has 0 unspecified atom stereocenters. The number of hydrogen-bond acceptors (Lipinski definition) is 8. The van der Waals surface area contributed by atoms with Crippen molar-refractivity contribution in [3.8, 4) is 11.1 Å². The minimum absolute atomic E-state index is 0.0110. The van der Waals surface area contributed by atoms with Crippen LogP contribution in [0.5, 0.6) is 0 Å². The van der Waals surface area contributed by atoms with Crippen LogP contribution in [0.15, 0.2) is 72.8 Å². The average molecular weight is 643 g/mol. The third kappa shape index (κ3) is 8.96. The number of carboxylic acid groups (broad SMARTS) is 1. The fourth-order valence-corrected chi connectivity index (χ4v) is 5.09. The summed E-state index contributed by atoms with van der Waals surface area (Å²) in [6.07, 6.45) is -0.362. The van der Waals surface area contributed by atoms with Crippen molar-refractivity contribution in [1.82, 2.24) is 5.32 Å². The summed E-state index contributed by atoms with van der Waals surface area (Å²) >= 11 is 12.0. The van der Waals surface area contributed by atoms with Gasteiger partial charge in [-0.2, -0.15) is 0 Å². The van der Waals surface area contributed by atoms with Crippen molar-refractivity contribution in [3.05, 3.63) is 94.0 Å². The summed E-state index contributed by atoms with van der Waals surface area (Å²) in [5.41, 5.74) is 12.1. The number of benzene rings is 3. The van der Waals surface area contributed by atoms with E-state index in [1.807, 2.05) is 42.5 Å². The summed E-state index contributed by atoms with van der Waals surface area (Å²) in [4.78, 5) is 64.5. The lowest BCUT2D eigenvalue weighted by Gasteiger charge is -2.29. The van der Waals surface area contributed by atoms with Gasteiger partial charge in [0, 0.05) is 6.42 Å². The molecule has 0 radical (unpaired) electrons. The second-order valence-electron chi connectivity index (χ2n) is 10.1. The van der Waals surface area contributed by atoms with E-state index in [-0.39, 0.29) is 28.5 Å². The molecule has 10 nitrogen and oxygen atoms in total. The van der Waals surface area contributed by atoms with E-state index in [9.17, 15) is 29.1 Å². The molecule has 0 aliphatic carbocycles. The maximum Gasteiger partial charge on any atom is 0.341 e. The summed E-state index contributed by atoms with van der Waals surface area (Å²) in [6, 6.07) is 19.2. The molecule has 2 atom stereocenters. The number of nitrogens with two attached hydrogens (primary N) is 2. The number of ether oxygens (including phenoxy) is 1. The lowest BCUT2D eigenvalue weighted by molar-refractivity contribution is -0.142. The van der Waals surface area contributed by atoms with Gasteiger partial charge in [-0.3, -0.25) is 19.2 Å². The van der Waals surface area contributed by atoms with Crippen LogP contribution in [0, 0.1) is 0 Å². The number of carboxylic acids is 1. The number of halogens is 2. The molecular weight excluding hydrogens is 609 g/mol. The first-order chi connectivity index (χ1) is 21.0. The first-order valence-electron chi connectivity index (χ1n) is 13.8. The molecule has 0 aliphatic heterocycles. The minimum Gasteiger partial charge on any atom is -0.481 e. The Labute approximate surface area is 264 Å². The highest BCUT2D eigenvalue weighted by Gasteiger charge is 2.43. The van der Waals surface area contributed by atoms with Crippen LogP contribution in [-0.4, -0.2) is 59.3 Å². The molecule has 0 fully saturated rings. The van der Waals surface area contributed by atoms with Crippen molar-refractivity contribution in [2.24, 2.45) is 11.5 Å². The van der Waals surface area contributed by atoms with Crippen molar-refractivity contribution in [3.63, 3.8) is 0 Å². The van der Waals surface area contributed by atoms with E-state index in [0.29, 0.717) is 24.9 Å². The summed E-state index contributed by atoms with van der Waals surface area (Å²) in [5.74, 6) is -5.04. The Morgan fingerprint density at radius 1 is 0.886 bits per heavy atom. The fourth-order valence-electron chi connectivity index (χ4n) is 4.54. The third-order valence-electron chi connectivity index (χ3n) is 6.97. The molecule has 12 heteroatoms. The van der Waals surface area contributed by atoms with Crippen LogP contribution in [0.3, 0.4) is 0 Å². The highest BCUT2D eigenvalue weighted by Crippen LogP contribution is 2.27. The maximum absolute atomic E-state index is 13.8. The monoisotopic (exact) mass is 641 g/mol. The summed E-state index contributed by atoms with van der Waals surface area (Å²) in [6.45, 7) is -0.606. The Morgan fingerprint density at radius 2 is 1.52 bits per heavy atom. The fraction of sp³-hybridized carbons (Fsp3) is 0.281. The molecule has 0 saturated heterocycles. The van der Waals surface area contributed by atoms with Crippen LogP contribution in [-0.2, 0) is 30.3 Å². The zero-order valence-electron chi connectivity index (χ0n) is 23.8. The van der Waals surface area contributed by atoms with Gasteiger partial charge in [-0.05, 0) is 54.6 Å². The van der Waals surface area contributed by atoms with Gasteiger partial charge in [0.15, 0.2) is 23.7 Å². The first kappa shape index (κ1) is 34.4. The van der Waals surface area contributed by atoms with Crippen molar-refractivity contribution >= 4 is 52.6 Å². The Kier molecular flexibility index (Phi) is 12.6. The number of ketones is 2. The van der Waals surface area contributed by atoms with Gasteiger partial charge in [-0.25, -0.2) is 4.79 Å². The molecule has 0 heterocycles. The van der Waals surface area contributed by atoms with Crippen LogP contribution in [0.25, 0.3) is 11.1 Å². The molecule has 0 spiro atoms. The molecule has 6 N–H and O–H groups in total. The Morgan fingerprint density at radius 3 is 2.16 bits per heavy atom. The van der Waals surface area contributed by atoms with Crippen molar-refractivity contribution in [1.29, 1.82) is 0 Å². The highest BCUT2D eigenvalue weighted by atomic mass is 35.5. The number of rotatable bonds is 16. The van der Waals surface area contributed by atoms with Gasteiger partial charge in [0.05, 0.1) is 22.0 Å². The molecule has 0 saturated carbocycles. The van der Waals surface area contributed by atoms with E-state index in [1.165, 1.54) is 18.2 Å². The molecule has 44 heavy (non-hydrogen) atoms. The smallest absolute Gasteiger partial charge is 0.341 e. The molecule has 0 aromatic heterocycles. The Bertz CT molecular complexity index is 1500. The number of amides is 1. The van der Waals surface area contributed by atoms with Crippen molar-refractivity contribution < 1.29 is 33.8 Å². The number of Topliss-reactive ketones (excluding diaryl/α,β-unsaturated/α-hetero) is 2. The van der Waals surface area contributed by atoms with Gasteiger partial charge in [-0.15, -0.1) is 0 Å². The number of unbranched alkanes of at least 4 members (excludes halogenated alkanes) is 1. The predicted molar refractivity (Wildman–Crippen MR) is 166 cm³/mol. The largest absolute Gasteiger partial charge is 0.481 e. The number of aliphatic carboxylic acids is 1. The van der Waals surface area contributed by atoms with E-state index >= 15 is 0 Å². The average Bonchev–Trinajstić information content (AvgIpc) is 2.99. The van der Waals surface area contributed by atoms with Gasteiger partial charge < -0.3 is 26.6 Å². The van der Waals surface area contributed by atoms with Gasteiger partial charge >= 0.3 is 11.9 Å². The highest BCUT2D eigenvalue weighted by molar-refractivity contribution is 6.39. The van der Waals surface area contributed by atoms with Gasteiger partial charge in [0.1, 0.15) is 6.04 Å². The van der Waals surface area contributed by atoms with E-state index in [1.54, 1.807) is 12.1 Å². The molecule has 3 rings (SSSR count). The standard InChI is InChI=1S/C32H33Cl2N3O7/c33-23-13-8-14-24(34)29(23)30(42)44-19-26(38)25(18-28(40)41)37-31(43)32(36,15-6-7-16-35)27(39)17-21-11-4-5-12-22(21)20-9-2-1-3-10-20/h1-5,8-14,25H,6-7,15-19,35-36H2,(H,37,43)(H,40,41)/t25-,32+/m0/s1. The molecule has 1 amide bonds. The molecule has 232 valence electrons. The second-order valence-corrected chi connectivity index (χ2v) is 10.9. The molecule has 3 aromatic carbocycles. The number of hydrogen-bond donors (Lipinski definition) is 4. The number of carbonyl (C=O) groups excluding carboxylic acids is 4. The van der Waals surface area contributed by atoms with Gasteiger partial charge in [0.2, 0.25) is 5.91 Å². The minimum atomic E-state index is -2.11. The lowest BCUT2D eigenvalue weighted by atomic mass is 9.83. The van der Waals surface area contributed by atoms with Crippen LogP contribution in [0.1, 0.15) is 41.6 Å². The van der Waals surface area contributed by atoms with E-state index in [2.05, 4.69) is 5.32 Å². The molecule has 0 bridgehead atoms. The predicted octanol–water partition coefficient (Wildman–Crippen LogP) is 3.98. The zero-order valence-corrected chi connectivity index (χ0v) is 25.3. The first-order valence-corrected chi connectivity index (χ1v) is 14.6. The summed E-state index contributed by atoms with van der Waals surface area (Å²) < 4.78 is 5.03. The Balaban J connectivity index is 1.82. The van der Waals surface area contributed by atoms with Crippen molar-refractivity contribution in [2.75, 3.05) is 13.2 Å². The number of nitrogens with one attached hydrogen (secondary N) is 1. The van der Waals surface area contributed by atoms with E-state index in [0.717, 1.165) is 11.1 Å². The molecular formula is C32H33Cl2N3O7. The summed E-state index contributed by atoms with van der Waals surface area (Å²) in [7, 11) is 0. The van der Waals surface area contributed by atoms with Crippen molar-refractivity contribution in [2.45, 2.75) is 43.7 Å². The van der Waals surface area contributed by atoms with E-state index < -0.39 is 54.0 Å². The topological polar surface area (TPSA) is 179 Å². The molecule has 0 aliphatic rings. The second kappa shape index (κ2) is 16.1. The number of esters is 1. The van der Waals surface area contributed by atoms with Crippen LogP contribution >= 0.6 is 23.2 Å². The van der Waals surface area contributed by atoms with E-state index in [4.69, 9.17) is 39.4 Å². The Hall–Kier alpha value is -4.09. The van der Waals surface area contributed by atoms with Crippen LogP contribution in [0.2, 0.25) is 10.0 Å². The van der Waals surface area contributed by atoms with Gasteiger partial charge in [0.25, 0.3) is 0 Å². The third-order valence-corrected chi connectivity index (χ3v) is 7.60. The summed E-state index contributed by atoms with van der Waals surface area (Å²) in [5, 5.41) is 11.7. The maximum atomic E-state index is 13.8. The number of carbonyl (C=O) groups is 5. The quantitative estimate of drug-likeness (QED) is 0.102. The molecule has 3 aromatic rings. The normalized spacial score (nSPS) is 12.9. The van der Waals surface area contributed by atoms with Crippen LogP contribution < -0.4 is 16.8 Å². The van der Waals surface area contributed by atoms with Crippen LogP contribution in [0.4, 0.5) is 0 Å².